The molecule has 1 N–H and O–H groups in total. The van der Waals surface area contributed by atoms with Gasteiger partial charge in [0.2, 0.25) is 0 Å². The molecule has 1 heterocycles. The van der Waals surface area contributed by atoms with Crippen LogP contribution in [-0.2, 0) is 4.79 Å². The summed E-state index contributed by atoms with van der Waals surface area (Å²) in [5.74, 6) is 1.01. The van der Waals surface area contributed by atoms with Crippen molar-refractivity contribution in [2.24, 2.45) is 0 Å². The van der Waals surface area contributed by atoms with E-state index in [9.17, 15) is 4.79 Å². The third kappa shape index (κ3) is 4.94. The summed E-state index contributed by atoms with van der Waals surface area (Å²) in [5, 5.41) is 7.05. The molecule has 27 heavy (non-hydrogen) atoms. The van der Waals surface area contributed by atoms with E-state index in [1.807, 2.05) is 55.5 Å². The summed E-state index contributed by atoms with van der Waals surface area (Å²) in [7, 11) is 0. The van der Waals surface area contributed by atoms with Crippen LogP contribution in [0.25, 0.3) is 5.69 Å². The number of benzene rings is 2. The summed E-state index contributed by atoms with van der Waals surface area (Å²) in [5.41, 5.74) is 3.17. The summed E-state index contributed by atoms with van der Waals surface area (Å²) >= 11 is 0. The summed E-state index contributed by atoms with van der Waals surface area (Å²) < 4.78 is 7.26. The van der Waals surface area contributed by atoms with E-state index in [1.165, 1.54) is 11.9 Å². The number of hydrogen-bond donors (Lipinski definition) is 1. The molecule has 0 aliphatic heterocycles. The molecule has 6 heteroatoms. The highest BCUT2D eigenvalue weighted by molar-refractivity contribution is 5.78. The largest absolute Gasteiger partial charge is 0.484 e. The van der Waals surface area contributed by atoms with Crippen LogP contribution < -0.4 is 10.1 Å². The monoisotopic (exact) mass is 364 g/mol. The summed E-state index contributed by atoms with van der Waals surface area (Å²) in [6.07, 6.45) is 3.14. The summed E-state index contributed by atoms with van der Waals surface area (Å²) in [6, 6.07) is 15.5. The second-order valence-electron chi connectivity index (χ2n) is 6.73. The molecule has 1 aromatic heterocycles. The number of nitrogens with one attached hydrogen (secondary N) is 1. The molecule has 0 fully saturated rings. The van der Waals surface area contributed by atoms with E-state index in [0.717, 1.165) is 11.3 Å². The van der Waals surface area contributed by atoms with Crippen molar-refractivity contribution in [1.29, 1.82) is 0 Å². The molecule has 1 amide bonds. The van der Waals surface area contributed by atoms with Crippen molar-refractivity contribution in [2.75, 3.05) is 6.61 Å². The van der Waals surface area contributed by atoms with Crippen molar-refractivity contribution in [3.8, 4) is 11.4 Å². The quantitative estimate of drug-likeness (QED) is 0.695. The van der Waals surface area contributed by atoms with Gasteiger partial charge in [-0.3, -0.25) is 4.79 Å². The zero-order valence-corrected chi connectivity index (χ0v) is 15.8. The fraction of sp³-hybridized carbons (Fsp3) is 0.286. The lowest BCUT2D eigenvalue weighted by molar-refractivity contribution is -0.123. The number of carbonyl (C=O) groups is 1. The summed E-state index contributed by atoms with van der Waals surface area (Å²) in [6.45, 7) is 6.22. The maximum atomic E-state index is 12.2. The van der Waals surface area contributed by atoms with Crippen molar-refractivity contribution in [3.63, 3.8) is 0 Å². The maximum Gasteiger partial charge on any atom is 0.258 e. The zero-order valence-electron chi connectivity index (χ0n) is 15.8. The van der Waals surface area contributed by atoms with Gasteiger partial charge in [0.15, 0.2) is 6.61 Å². The number of carbonyl (C=O) groups excluding carboxylic acids is 1. The van der Waals surface area contributed by atoms with Crippen LogP contribution in [0.15, 0.2) is 61.2 Å². The minimum absolute atomic E-state index is 0.0115. The number of rotatable bonds is 7. The van der Waals surface area contributed by atoms with Crippen molar-refractivity contribution in [3.05, 3.63) is 72.3 Å². The Morgan fingerprint density at radius 1 is 1.04 bits per heavy atom. The normalized spacial score (nSPS) is 12.0. The maximum absolute atomic E-state index is 12.2. The first-order valence-electron chi connectivity index (χ1n) is 9.00. The fourth-order valence-electron chi connectivity index (χ4n) is 2.72. The van der Waals surface area contributed by atoms with E-state index >= 15 is 0 Å². The average Bonchev–Trinajstić information content (AvgIpc) is 3.21. The van der Waals surface area contributed by atoms with Crippen LogP contribution in [0.1, 0.15) is 43.9 Å². The lowest BCUT2D eigenvalue weighted by Gasteiger charge is -2.15. The van der Waals surface area contributed by atoms with Crippen molar-refractivity contribution < 1.29 is 9.53 Å². The van der Waals surface area contributed by atoms with Crippen LogP contribution >= 0.6 is 0 Å². The molecule has 0 aliphatic rings. The topological polar surface area (TPSA) is 69.0 Å². The predicted octanol–water partition coefficient (Wildman–Crippen LogP) is 3.65. The Balaban J connectivity index is 1.51. The van der Waals surface area contributed by atoms with Gasteiger partial charge in [-0.05, 0) is 48.2 Å². The third-order valence-corrected chi connectivity index (χ3v) is 4.37. The molecule has 0 radical (unpaired) electrons. The molecule has 0 aliphatic carbocycles. The highest BCUT2D eigenvalue weighted by atomic mass is 16.5. The van der Waals surface area contributed by atoms with Gasteiger partial charge in [0.05, 0.1) is 11.7 Å². The zero-order chi connectivity index (χ0) is 19.2. The first-order valence-corrected chi connectivity index (χ1v) is 9.00. The minimum atomic E-state index is -0.157. The van der Waals surface area contributed by atoms with Gasteiger partial charge in [-0.1, -0.05) is 38.1 Å². The molecule has 0 spiro atoms. The molecule has 0 saturated carbocycles. The molecule has 2 aromatic carbocycles. The molecule has 140 valence electrons. The van der Waals surface area contributed by atoms with E-state index in [2.05, 4.69) is 29.2 Å². The molecular formula is C21H24N4O2. The van der Waals surface area contributed by atoms with Crippen molar-refractivity contribution >= 4 is 5.91 Å². The Bertz CT molecular complexity index is 856. The second-order valence-corrected chi connectivity index (χ2v) is 6.73. The van der Waals surface area contributed by atoms with Crippen LogP contribution in [0, 0.1) is 0 Å². The van der Waals surface area contributed by atoms with Gasteiger partial charge < -0.3 is 10.1 Å². The minimum Gasteiger partial charge on any atom is -0.484 e. The first-order chi connectivity index (χ1) is 13.0. The number of ether oxygens (including phenoxy) is 1. The molecule has 6 nitrogen and oxygen atoms in total. The van der Waals surface area contributed by atoms with E-state index in [4.69, 9.17) is 4.74 Å². The molecule has 3 aromatic rings. The van der Waals surface area contributed by atoms with Gasteiger partial charge in [-0.2, -0.15) is 5.10 Å². The van der Waals surface area contributed by atoms with Gasteiger partial charge in [-0.15, -0.1) is 0 Å². The van der Waals surface area contributed by atoms with Gasteiger partial charge >= 0.3 is 0 Å². The lowest BCUT2D eigenvalue weighted by Crippen LogP contribution is -2.31. The standard InChI is InChI=1S/C21H24N4O2/c1-15(2)17-6-10-20(11-7-17)27-12-21(26)24-16(3)18-4-8-19(9-5-18)25-14-22-13-23-25/h4-11,13-16H,12H2,1-3H3,(H,24,26)/t16-/m1/s1. The predicted molar refractivity (Wildman–Crippen MR) is 104 cm³/mol. The van der Waals surface area contributed by atoms with Crippen LogP contribution in [0.4, 0.5) is 0 Å². The van der Waals surface area contributed by atoms with E-state index in [0.29, 0.717) is 11.7 Å². The second kappa shape index (κ2) is 8.49. The smallest absolute Gasteiger partial charge is 0.258 e. The third-order valence-electron chi connectivity index (χ3n) is 4.37. The van der Waals surface area contributed by atoms with Crippen LogP contribution in [0.2, 0.25) is 0 Å². The van der Waals surface area contributed by atoms with Crippen molar-refractivity contribution in [2.45, 2.75) is 32.7 Å². The average molecular weight is 364 g/mol. The first kappa shape index (κ1) is 18.6. The number of hydrogen-bond acceptors (Lipinski definition) is 4. The Morgan fingerprint density at radius 3 is 2.30 bits per heavy atom. The highest BCUT2D eigenvalue weighted by Gasteiger charge is 2.11. The SMILES string of the molecule is CC(C)c1ccc(OCC(=O)N[C@H](C)c2ccc(-n3cncn3)cc2)cc1. The Labute approximate surface area is 159 Å². The van der Waals surface area contributed by atoms with E-state index < -0.39 is 0 Å². The van der Waals surface area contributed by atoms with Crippen LogP contribution in [0.5, 0.6) is 5.75 Å². The van der Waals surface area contributed by atoms with Crippen LogP contribution in [0.3, 0.4) is 0 Å². The van der Waals surface area contributed by atoms with Crippen LogP contribution in [-0.4, -0.2) is 27.3 Å². The molecular weight excluding hydrogens is 340 g/mol. The molecule has 0 bridgehead atoms. The van der Waals surface area contributed by atoms with E-state index in [-0.39, 0.29) is 18.6 Å². The highest BCUT2D eigenvalue weighted by Crippen LogP contribution is 2.19. The molecule has 0 unspecified atom stereocenters. The summed E-state index contributed by atoms with van der Waals surface area (Å²) in [4.78, 5) is 16.1. The van der Waals surface area contributed by atoms with Gasteiger partial charge in [0.25, 0.3) is 5.91 Å². The molecule has 1 atom stereocenters. The van der Waals surface area contributed by atoms with E-state index in [1.54, 1.807) is 11.0 Å². The van der Waals surface area contributed by atoms with Gasteiger partial charge in [0, 0.05) is 0 Å². The Kier molecular flexibility index (Phi) is 5.86. The Morgan fingerprint density at radius 2 is 1.70 bits per heavy atom. The van der Waals surface area contributed by atoms with Crippen molar-refractivity contribution in [1.82, 2.24) is 20.1 Å². The number of nitrogens with zero attached hydrogens (tertiary/aromatic N) is 3. The number of amides is 1. The van der Waals surface area contributed by atoms with Gasteiger partial charge in [-0.25, -0.2) is 9.67 Å². The lowest BCUT2D eigenvalue weighted by atomic mass is 10.0. The van der Waals surface area contributed by atoms with Gasteiger partial charge in [0.1, 0.15) is 18.4 Å². The molecule has 3 rings (SSSR count). The Hall–Kier alpha value is -3.15. The fourth-order valence-corrected chi connectivity index (χ4v) is 2.72. The number of aromatic nitrogens is 3. The molecule has 0 saturated heterocycles.